The Balaban J connectivity index is 1.65. The summed E-state index contributed by atoms with van der Waals surface area (Å²) in [5.74, 6) is -1.28. The Hall–Kier alpha value is -2.24. The van der Waals surface area contributed by atoms with Crippen LogP contribution in [0.1, 0.15) is 23.3 Å². The van der Waals surface area contributed by atoms with E-state index >= 15 is 0 Å². The summed E-state index contributed by atoms with van der Waals surface area (Å²) >= 11 is 0.886. The van der Waals surface area contributed by atoms with Crippen molar-refractivity contribution in [3.05, 3.63) is 35.5 Å². The minimum atomic E-state index is -3.75. The Morgan fingerprint density at radius 3 is 2.50 bits per heavy atom. The molecule has 1 aliphatic heterocycles. The molecule has 0 bridgehead atoms. The SMILES string of the molecule is CC(C(=O)N1CCN(S(=O)(=O)c2cc(C(=O)O)cs2)CC1)n1cccn1. The Kier molecular flexibility index (Phi) is 5.12. The number of nitrogens with zero attached hydrogens (tertiary/aromatic N) is 4. The highest BCUT2D eigenvalue weighted by Crippen LogP contribution is 2.25. The van der Waals surface area contributed by atoms with E-state index in [4.69, 9.17) is 5.11 Å². The van der Waals surface area contributed by atoms with Gasteiger partial charge in [-0.25, -0.2) is 13.2 Å². The van der Waals surface area contributed by atoms with Gasteiger partial charge in [-0.05, 0) is 19.1 Å². The lowest BCUT2D eigenvalue weighted by molar-refractivity contribution is -0.135. The zero-order valence-electron chi connectivity index (χ0n) is 14.0. The van der Waals surface area contributed by atoms with Crippen LogP contribution in [-0.4, -0.2) is 70.6 Å². The van der Waals surface area contributed by atoms with Crippen LogP contribution in [0.5, 0.6) is 0 Å². The summed E-state index contributed by atoms with van der Waals surface area (Å²) in [6.07, 6.45) is 3.31. The molecule has 1 unspecified atom stereocenters. The number of carboxylic acids is 1. The lowest BCUT2D eigenvalue weighted by Crippen LogP contribution is -2.51. The topological polar surface area (TPSA) is 113 Å². The molecular formula is C15H18N4O5S2. The van der Waals surface area contributed by atoms with E-state index in [0.29, 0.717) is 0 Å². The van der Waals surface area contributed by atoms with Gasteiger partial charge in [0.15, 0.2) is 0 Å². The number of carboxylic acid groups (broad SMARTS) is 1. The van der Waals surface area contributed by atoms with Crippen molar-refractivity contribution >= 4 is 33.2 Å². The first kappa shape index (κ1) is 18.5. The van der Waals surface area contributed by atoms with Gasteiger partial charge in [-0.1, -0.05) is 0 Å². The number of hydrogen-bond acceptors (Lipinski definition) is 6. The molecule has 26 heavy (non-hydrogen) atoms. The van der Waals surface area contributed by atoms with Crippen LogP contribution in [-0.2, 0) is 14.8 Å². The minimum absolute atomic E-state index is 0.000384. The summed E-state index contributed by atoms with van der Waals surface area (Å²) in [4.78, 5) is 25.1. The third-order valence-corrected chi connectivity index (χ3v) is 7.56. The van der Waals surface area contributed by atoms with Crippen molar-refractivity contribution in [3.8, 4) is 0 Å². The van der Waals surface area contributed by atoms with Crippen molar-refractivity contribution in [2.24, 2.45) is 0 Å². The number of piperazine rings is 1. The van der Waals surface area contributed by atoms with E-state index in [1.54, 1.807) is 35.0 Å². The fraction of sp³-hybridized carbons (Fsp3) is 0.400. The van der Waals surface area contributed by atoms with Crippen LogP contribution >= 0.6 is 11.3 Å². The van der Waals surface area contributed by atoms with Gasteiger partial charge >= 0.3 is 5.97 Å². The second-order valence-corrected chi connectivity index (χ2v) is 8.93. The minimum Gasteiger partial charge on any atom is -0.478 e. The Morgan fingerprint density at radius 2 is 1.96 bits per heavy atom. The molecule has 0 saturated carbocycles. The Morgan fingerprint density at radius 1 is 1.27 bits per heavy atom. The van der Waals surface area contributed by atoms with E-state index in [1.165, 1.54) is 15.8 Å². The molecule has 0 aromatic carbocycles. The first-order valence-electron chi connectivity index (χ1n) is 7.90. The normalized spacial score (nSPS) is 17.2. The third kappa shape index (κ3) is 3.50. The molecule has 1 atom stereocenters. The van der Waals surface area contributed by atoms with Crippen molar-refractivity contribution < 1.29 is 23.1 Å². The summed E-state index contributed by atoms with van der Waals surface area (Å²) in [6.45, 7) is 2.64. The Labute approximate surface area is 154 Å². The molecule has 1 saturated heterocycles. The van der Waals surface area contributed by atoms with Crippen molar-refractivity contribution in [2.45, 2.75) is 17.2 Å². The van der Waals surface area contributed by atoms with Gasteiger partial charge in [0.1, 0.15) is 10.3 Å². The van der Waals surface area contributed by atoms with Gasteiger partial charge in [-0.2, -0.15) is 9.40 Å². The maximum absolute atomic E-state index is 12.6. The van der Waals surface area contributed by atoms with E-state index in [1.807, 2.05) is 0 Å². The molecule has 0 aliphatic carbocycles. The van der Waals surface area contributed by atoms with Gasteiger partial charge in [0.25, 0.3) is 10.0 Å². The maximum atomic E-state index is 12.6. The molecule has 2 aromatic rings. The molecule has 2 aromatic heterocycles. The summed E-state index contributed by atoms with van der Waals surface area (Å²) in [5, 5.41) is 14.3. The van der Waals surface area contributed by atoms with E-state index < -0.39 is 22.0 Å². The quantitative estimate of drug-likeness (QED) is 0.795. The van der Waals surface area contributed by atoms with Crippen LogP contribution in [0.4, 0.5) is 0 Å². The second-order valence-electron chi connectivity index (χ2n) is 5.85. The van der Waals surface area contributed by atoms with Gasteiger partial charge in [0, 0.05) is 44.0 Å². The monoisotopic (exact) mass is 398 g/mol. The lowest BCUT2D eigenvalue weighted by Gasteiger charge is -2.35. The van der Waals surface area contributed by atoms with Gasteiger partial charge < -0.3 is 10.0 Å². The highest BCUT2D eigenvalue weighted by molar-refractivity contribution is 7.91. The molecule has 1 N–H and O–H groups in total. The summed E-state index contributed by atoms with van der Waals surface area (Å²) in [7, 11) is -3.75. The van der Waals surface area contributed by atoms with E-state index in [-0.39, 0.29) is 41.9 Å². The lowest BCUT2D eigenvalue weighted by atomic mass is 10.2. The van der Waals surface area contributed by atoms with Gasteiger partial charge in [-0.3, -0.25) is 9.48 Å². The van der Waals surface area contributed by atoms with Crippen molar-refractivity contribution in [3.63, 3.8) is 0 Å². The van der Waals surface area contributed by atoms with E-state index in [9.17, 15) is 18.0 Å². The first-order valence-corrected chi connectivity index (χ1v) is 10.2. The number of carbonyl (C=O) groups is 2. The fourth-order valence-corrected chi connectivity index (χ4v) is 5.46. The number of rotatable bonds is 5. The number of aromatic carboxylic acids is 1. The van der Waals surface area contributed by atoms with Gasteiger partial charge in [0.05, 0.1) is 5.56 Å². The van der Waals surface area contributed by atoms with Crippen LogP contribution < -0.4 is 0 Å². The first-order chi connectivity index (χ1) is 12.3. The highest BCUT2D eigenvalue weighted by Gasteiger charge is 2.33. The molecule has 1 aliphatic rings. The molecular weight excluding hydrogens is 380 g/mol. The predicted octanol–water partition coefficient (Wildman–Crippen LogP) is 0.737. The van der Waals surface area contributed by atoms with Crippen LogP contribution in [0.2, 0.25) is 0 Å². The third-order valence-electron chi connectivity index (χ3n) is 4.25. The number of hydrogen-bond donors (Lipinski definition) is 1. The van der Waals surface area contributed by atoms with Crippen LogP contribution in [0, 0.1) is 0 Å². The fourth-order valence-electron chi connectivity index (χ4n) is 2.73. The molecule has 9 nitrogen and oxygen atoms in total. The highest BCUT2D eigenvalue weighted by atomic mass is 32.2. The second kappa shape index (κ2) is 7.17. The van der Waals surface area contributed by atoms with Crippen LogP contribution in [0.25, 0.3) is 0 Å². The average molecular weight is 398 g/mol. The summed E-state index contributed by atoms with van der Waals surface area (Å²) < 4.78 is 28.1. The summed E-state index contributed by atoms with van der Waals surface area (Å²) in [5.41, 5.74) is -0.0459. The molecule has 1 amide bonds. The molecule has 1 fully saturated rings. The molecule has 0 radical (unpaired) electrons. The van der Waals surface area contributed by atoms with Crippen molar-refractivity contribution in [2.75, 3.05) is 26.2 Å². The van der Waals surface area contributed by atoms with Gasteiger partial charge in [0.2, 0.25) is 5.91 Å². The molecule has 3 heterocycles. The smallest absolute Gasteiger partial charge is 0.336 e. The molecule has 3 rings (SSSR count). The molecule has 0 spiro atoms. The molecule has 140 valence electrons. The van der Waals surface area contributed by atoms with Crippen LogP contribution in [0.15, 0.2) is 34.1 Å². The number of sulfonamides is 1. The molecule has 11 heteroatoms. The zero-order chi connectivity index (χ0) is 18.9. The zero-order valence-corrected chi connectivity index (χ0v) is 15.6. The van der Waals surface area contributed by atoms with E-state index in [2.05, 4.69) is 5.10 Å². The van der Waals surface area contributed by atoms with Crippen LogP contribution in [0.3, 0.4) is 0 Å². The maximum Gasteiger partial charge on any atom is 0.336 e. The van der Waals surface area contributed by atoms with Gasteiger partial charge in [-0.15, -0.1) is 11.3 Å². The number of amides is 1. The average Bonchev–Trinajstić information content (AvgIpc) is 3.32. The number of carbonyl (C=O) groups excluding carboxylic acids is 1. The van der Waals surface area contributed by atoms with Crippen molar-refractivity contribution in [1.29, 1.82) is 0 Å². The van der Waals surface area contributed by atoms with Crippen molar-refractivity contribution in [1.82, 2.24) is 19.0 Å². The largest absolute Gasteiger partial charge is 0.478 e. The standard InChI is InChI=1S/C15H18N4O5S2/c1-11(19-4-2-3-16-19)14(20)17-5-7-18(8-6-17)26(23,24)13-9-12(10-25-13)15(21)22/h2-4,9-11H,5-8H2,1H3,(H,21,22). The number of aromatic nitrogens is 2. The number of thiophene rings is 1. The Bertz CT molecular complexity index is 898. The van der Waals surface area contributed by atoms with E-state index in [0.717, 1.165) is 11.3 Å². The summed E-state index contributed by atoms with van der Waals surface area (Å²) in [6, 6.07) is 2.45. The predicted molar refractivity (Wildman–Crippen MR) is 93.6 cm³/mol.